The lowest BCUT2D eigenvalue weighted by Gasteiger charge is -2.09. The Balaban J connectivity index is 2.10. The van der Waals surface area contributed by atoms with Gasteiger partial charge in [-0.05, 0) is 18.1 Å². The van der Waals surface area contributed by atoms with Crippen molar-refractivity contribution >= 4 is 21.7 Å². The topological polar surface area (TPSA) is 29.1 Å². The van der Waals surface area contributed by atoms with Gasteiger partial charge in [0.05, 0.1) is 6.04 Å². The molecule has 1 aliphatic rings. The predicted molar refractivity (Wildman–Crippen MR) is 59.3 cm³/mol. The van der Waals surface area contributed by atoms with Crippen molar-refractivity contribution in [2.24, 2.45) is 0 Å². The van der Waals surface area contributed by atoms with Gasteiger partial charge in [0.1, 0.15) is 0 Å². The minimum Gasteiger partial charge on any atom is -0.307 e. The molecule has 1 aliphatic heterocycles. The van der Waals surface area contributed by atoms with E-state index in [1.165, 1.54) is 5.56 Å². The van der Waals surface area contributed by atoms with Crippen LogP contribution in [0.4, 0.5) is 0 Å². The van der Waals surface area contributed by atoms with Gasteiger partial charge in [0.2, 0.25) is 0 Å². The van der Waals surface area contributed by atoms with Crippen LogP contribution >= 0.6 is 15.9 Å². The summed E-state index contributed by atoms with van der Waals surface area (Å²) in [6.07, 6.45) is 1.47. The molecular weight excluding hydrogens is 242 g/mol. The third kappa shape index (κ3) is 2.04. The van der Waals surface area contributed by atoms with Crippen molar-refractivity contribution < 1.29 is 4.79 Å². The van der Waals surface area contributed by atoms with E-state index in [1.54, 1.807) is 0 Å². The summed E-state index contributed by atoms with van der Waals surface area (Å²) in [4.78, 5) is 11.4. The molecule has 2 rings (SSSR count). The Hall–Kier alpha value is -0.670. The van der Waals surface area contributed by atoms with Gasteiger partial charge in [0.25, 0.3) is 0 Å². The lowest BCUT2D eigenvalue weighted by atomic mass is 10.0. The average molecular weight is 254 g/mol. The van der Waals surface area contributed by atoms with Crippen LogP contribution in [-0.4, -0.2) is 18.4 Å². The van der Waals surface area contributed by atoms with E-state index in [9.17, 15) is 4.79 Å². The van der Waals surface area contributed by atoms with Crippen LogP contribution in [0.3, 0.4) is 0 Å². The molecule has 0 amide bonds. The van der Waals surface area contributed by atoms with Crippen LogP contribution in [0.15, 0.2) is 28.7 Å². The fourth-order valence-corrected chi connectivity index (χ4v) is 2.17. The average Bonchev–Trinajstić information content (AvgIpc) is 2.56. The molecule has 14 heavy (non-hydrogen) atoms. The zero-order valence-corrected chi connectivity index (χ0v) is 9.38. The van der Waals surface area contributed by atoms with Gasteiger partial charge in [-0.25, -0.2) is 0 Å². The quantitative estimate of drug-likeness (QED) is 0.873. The Labute approximate surface area is 91.8 Å². The van der Waals surface area contributed by atoms with E-state index in [-0.39, 0.29) is 6.04 Å². The summed E-state index contributed by atoms with van der Waals surface area (Å²) in [5.74, 6) is 0.334. The van der Waals surface area contributed by atoms with E-state index in [1.807, 2.05) is 18.2 Å². The molecule has 1 unspecified atom stereocenters. The molecule has 1 aromatic rings. The zero-order valence-electron chi connectivity index (χ0n) is 7.79. The van der Waals surface area contributed by atoms with Crippen LogP contribution < -0.4 is 5.32 Å². The Morgan fingerprint density at radius 3 is 2.86 bits per heavy atom. The Morgan fingerprint density at radius 1 is 1.43 bits per heavy atom. The summed E-state index contributed by atoms with van der Waals surface area (Å²) in [6, 6.07) is 8.07. The molecule has 1 aromatic carbocycles. The highest BCUT2D eigenvalue weighted by Crippen LogP contribution is 2.19. The van der Waals surface area contributed by atoms with Crippen LogP contribution in [0.1, 0.15) is 12.0 Å². The van der Waals surface area contributed by atoms with Gasteiger partial charge in [0, 0.05) is 17.4 Å². The van der Waals surface area contributed by atoms with Crippen molar-refractivity contribution in [3.05, 3.63) is 34.3 Å². The van der Waals surface area contributed by atoms with Crippen LogP contribution in [-0.2, 0) is 11.2 Å². The predicted octanol–water partition coefficient (Wildman–Crippen LogP) is 1.92. The second-order valence-electron chi connectivity index (χ2n) is 3.52. The molecule has 0 radical (unpaired) electrons. The Morgan fingerprint density at radius 2 is 2.21 bits per heavy atom. The molecule has 74 valence electrons. The SMILES string of the molecule is O=C1CCNC1Cc1ccccc1Br. The van der Waals surface area contributed by atoms with Gasteiger partial charge in [-0.15, -0.1) is 0 Å². The molecule has 0 bridgehead atoms. The number of ketones is 1. The molecule has 0 spiro atoms. The summed E-state index contributed by atoms with van der Waals surface area (Å²) in [5.41, 5.74) is 1.19. The first-order valence-corrected chi connectivity index (χ1v) is 5.56. The second kappa shape index (κ2) is 4.24. The van der Waals surface area contributed by atoms with Crippen molar-refractivity contribution in [3.63, 3.8) is 0 Å². The normalized spacial score (nSPS) is 21.5. The van der Waals surface area contributed by atoms with Crippen molar-refractivity contribution in [2.45, 2.75) is 18.9 Å². The summed E-state index contributed by atoms with van der Waals surface area (Å²) in [7, 11) is 0. The number of hydrogen-bond acceptors (Lipinski definition) is 2. The van der Waals surface area contributed by atoms with Gasteiger partial charge in [0.15, 0.2) is 5.78 Å². The highest BCUT2D eigenvalue weighted by molar-refractivity contribution is 9.10. The van der Waals surface area contributed by atoms with Crippen molar-refractivity contribution in [2.75, 3.05) is 6.54 Å². The maximum Gasteiger partial charge on any atom is 0.151 e. The van der Waals surface area contributed by atoms with Crippen LogP contribution in [0.25, 0.3) is 0 Å². The number of benzene rings is 1. The third-order valence-corrected chi connectivity index (χ3v) is 3.31. The van der Waals surface area contributed by atoms with Crippen molar-refractivity contribution in [1.82, 2.24) is 5.32 Å². The van der Waals surface area contributed by atoms with E-state index in [2.05, 4.69) is 27.3 Å². The van der Waals surface area contributed by atoms with Gasteiger partial charge in [-0.2, -0.15) is 0 Å². The first-order valence-electron chi connectivity index (χ1n) is 4.77. The number of rotatable bonds is 2. The van der Waals surface area contributed by atoms with E-state index in [0.29, 0.717) is 12.2 Å². The minimum atomic E-state index is 0.0219. The van der Waals surface area contributed by atoms with E-state index in [0.717, 1.165) is 17.4 Å². The van der Waals surface area contributed by atoms with Gasteiger partial charge in [-0.3, -0.25) is 4.79 Å². The lowest BCUT2D eigenvalue weighted by Crippen LogP contribution is -2.29. The molecule has 1 fully saturated rings. The molecule has 1 N–H and O–H groups in total. The van der Waals surface area contributed by atoms with Gasteiger partial charge < -0.3 is 5.32 Å². The fourth-order valence-electron chi connectivity index (χ4n) is 1.73. The largest absolute Gasteiger partial charge is 0.307 e. The number of nitrogens with one attached hydrogen (secondary N) is 1. The molecule has 1 atom stereocenters. The number of halogens is 1. The lowest BCUT2D eigenvalue weighted by molar-refractivity contribution is -0.118. The molecular formula is C11H12BrNO. The second-order valence-corrected chi connectivity index (χ2v) is 4.37. The maximum absolute atomic E-state index is 11.4. The fraction of sp³-hybridized carbons (Fsp3) is 0.364. The molecule has 0 aromatic heterocycles. The molecule has 2 nitrogen and oxygen atoms in total. The van der Waals surface area contributed by atoms with Crippen LogP contribution in [0.5, 0.6) is 0 Å². The van der Waals surface area contributed by atoms with Gasteiger partial charge in [-0.1, -0.05) is 34.1 Å². The summed E-state index contributed by atoms with van der Waals surface area (Å²) >= 11 is 3.48. The third-order valence-electron chi connectivity index (χ3n) is 2.53. The smallest absolute Gasteiger partial charge is 0.151 e. The number of hydrogen-bond donors (Lipinski definition) is 1. The molecule has 0 saturated carbocycles. The molecule has 1 heterocycles. The summed E-state index contributed by atoms with van der Waals surface area (Å²) < 4.78 is 1.08. The van der Waals surface area contributed by atoms with Crippen molar-refractivity contribution in [3.8, 4) is 0 Å². The molecule has 3 heteroatoms. The first-order chi connectivity index (χ1) is 6.77. The van der Waals surface area contributed by atoms with Gasteiger partial charge >= 0.3 is 0 Å². The maximum atomic E-state index is 11.4. The van der Waals surface area contributed by atoms with Crippen LogP contribution in [0.2, 0.25) is 0 Å². The minimum absolute atomic E-state index is 0.0219. The monoisotopic (exact) mass is 253 g/mol. The number of Topliss-reactive ketones (excluding diaryl/α,β-unsaturated/α-hetero) is 1. The number of carbonyl (C=O) groups excluding carboxylic acids is 1. The first kappa shape index (κ1) is 9.87. The summed E-state index contributed by atoms with van der Waals surface area (Å²) in [5, 5.41) is 3.21. The van der Waals surface area contributed by atoms with Crippen molar-refractivity contribution in [1.29, 1.82) is 0 Å². The highest BCUT2D eigenvalue weighted by atomic mass is 79.9. The Kier molecular flexibility index (Phi) is 2.99. The highest BCUT2D eigenvalue weighted by Gasteiger charge is 2.23. The van der Waals surface area contributed by atoms with E-state index in [4.69, 9.17) is 0 Å². The summed E-state index contributed by atoms with van der Waals surface area (Å²) in [6.45, 7) is 0.827. The Bertz CT molecular complexity index is 351. The number of carbonyl (C=O) groups is 1. The molecule has 1 saturated heterocycles. The van der Waals surface area contributed by atoms with E-state index >= 15 is 0 Å². The standard InChI is InChI=1S/C11H12BrNO/c12-9-4-2-1-3-8(9)7-10-11(14)5-6-13-10/h1-4,10,13H,5-7H2. The molecule has 0 aliphatic carbocycles. The van der Waals surface area contributed by atoms with E-state index < -0.39 is 0 Å². The zero-order chi connectivity index (χ0) is 9.97. The van der Waals surface area contributed by atoms with Crippen LogP contribution in [0, 0.1) is 0 Å².